The van der Waals surface area contributed by atoms with Gasteiger partial charge in [-0.05, 0) is 53.1 Å². The third kappa shape index (κ3) is 4.07. The molecule has 6 rings (SSSR count). The molecule has 1 fully saturated rings. The molecule has 6 nitrogen and oxygen atoms in total. The first kappa shape index (κ1) is 23.2. The summed E-state index contributed by atoms with van der Waals surface area (Å²) >= 11 is 7.72. The average molecular weight is 518 g/mol. The van der Waals surface area contributed by atoms with E-state index in [1.165, 1.54) is 20.9 Å². The fraction of sp³-hybridized carbons (Fsp3) is 0.250. The van der Waals surface area contributed by atoms with Crippen LogP contribution in [-0.2, 0) is 23.2 Å². The van der Waals surface area contributed by atoms with Crippen molar-refractivity contribution in [3.63, 3.8) is 0 Å². The maximum Gasteiger partial charge on any atom is 0.256 e. The van der Waals surface area contributed by atoms with E-state index in [0.717, 1.165) is 18.5 Å². The predicted molar refractivity (Wildman–Crippen MR) is 140 cm³/mol. The molecule has 2 N–H and O–H groups in total. The Morgan fingerprint density at radius 2 is 1.92 bits per heavy atom. The van der Waals surface area contributed by atoms with Gasteiger partial charge in [0.1, 0.15) is 5.82 Å². The summed E-state index contributed by atoms with van der Waals surface area (Å²) in [7, 11) is 0. The van der Waals surface area contributed by atoms with Crippen molar-refractivity contribution in [2.45, 2.75) is 37.3 Å². The van der Waals surface area contributed by atoms with Crippen molar-refractivity contribution in [1.29, 1.82) is 0 Å². The minimum absolute atomic E-state index is 0.124. The van der Waals surface area contributed by atoms with Crippen LogP contribution in [-0.4, -0.2) is 32.4 Å². The fourth-order valence-electron chi connectivity index (χ4n) is 4.93. The summed E-state index contributed by atoms with van der Waals surface area (Å²) in [5.41, 5.74) is 3.55. The van der Waals surface area contributed by atoms with Gasteiger partial charge in [-0.15, -0.1) is 11.3 Å². The number of aliphatic hydroxyl groups is 1. The van der Waals surface area contributed by atoms with Crippen LogP contribution in [0.1, 0.15) is 46.5 Å². The van der Waals surface area contributed by atoms with Gasteiger partial charge in [0.2, 0.25) is 0 Å². The van der Waals surface area contributed by atoms with Crippen LogP contribution in [0.15, 0.2) is 70.8 Å². The van der Waals surface area contributed by atoms with Gasteiger partial charge in [0.25, 0.3) is 11.5 Å². The van der Waals surface area contributed by atoms with Crippen molar-refractivity contribution >= 4 is 28.8 Å². The topological polar surface area (TPSA) is 86.3 Å². The van der Waals surface area contributed by atoms with Crippen LogP contribution in [0.3, 0.4) is 0 Å². The summed E-state index contributed by atoms with van der Waals surface area (Å²) in [5, 5.41) is 13.2. The second-order valence-corrected chi connectivity index (χ2v) is 10.8. The fourth-order valence-corrected chi connectivity index (χ4v) is 6.30. The van der Waals surface area contributed by atoms with Gasteiger partial charge in [-0.1, -0.05) is 54.1 Å². The van der Waals surface area contributed by atoms with Crippen molar-refractivity contribution in [1.82, 2.24) is 14.9 Å². The number of aliphatic hydroxyl groups excluding tert-OH is 1. The van der Waals surface area contributed by atoms with Crippen LogP contribution >= 0.6 is 22.9 Å². The molecule has 3 heterocycles. The average Bonchev–Trinajstić information content (AvgIpc) is 3.57. The number of halogens is 1. The van der Waals surface area contributed by atoms with Gasteiger partial charge in [-0.2, -0.15) is 0 Å². The SMILES string of the molecule is O=C([C@H](O)c1cccc(Cl)c1)N1CCc2nc(C3(c4cc(-c5ccccc5)cs4)CC3)[nH]c(=O)c2C1. The van der Waals surface area contributed by atoms with Crippen molar-refractivity contribution in [3.05, 3.63) is 109 Å². The Bertz CT molecular complexity index is 1510. The molecule has 0 unspecified atom stereocenters. The van der Waals surface area contributed by atoms with Crippen molar-refractivity contribution in [2.75, 3.05) is 6.54 Å². The van der Waals surface area contributed by atoms with Crippen LogP contribution in [0.2, 0.25) is 5.02 Å². The summed E-state index contributed by atoms with van der Waals surface area (Å²) in [4.78, 5) is 36.8. The van der Waals surface area contributed by atoms with Crippen molar-refractivity contribution in [3.8, 4) is 11.1 Å². The van der Waals surface area contributed by atoms with Gasteiger partial charge < -0.3 is 15.0 Å². The number of nitrogens with one attached hydrogen (secondary N) is 1. The molecule has 0 bridgehead atoms. The Kier molecular flexibility index (Phi) is 5.79. The molecule has 2 aromatic carbocycles. The number of hydrogen-bond donors (Lipinski definition) is 2. The van der Waals surface area contributed by atoms with E-state index in [1.54, 1.807) is 35.6 Å². The quantitative estimate of drug-likeness (QED) is 0.396. The van der Waals surface area contributed by atoms with E-state index in [2.05, 4.69) is 28.6 Å². The number of carbonyl (C=O) groups is 1. The van der Waals surface area contributed by atoms with Gasteiger partial charge in [0.05, 0.1) is 23.2 Å². The first-order valence-electron chi connectivity index (χ1n) is 11.9. The first-order valence-corrected chi connectivity index (χ1v) is 13.2. The Morgan fingerprint density at radius 1 is 1.11 bits per heavy atom. The number of thiophene rings is 1. The predicted octanol–water partition coefficient (Wildman–Crippen LogP) is 4.85. The number of rotatable bonds is 5. The molecule has 1 amide bonds. The Hall–Kier alpha value is -3.26. The lowest BCUT2D eigenvalue weighted by molar-refractivity contribution is -0.141. The summed E-state index contributed by atoms with van der Waals surface area (Å²) in [6, 6.07) is 19.1. The molecule has 1 atom stereocenters. The first-order chi connectivity index (χ1) is 17.4. The number of fused-ring (bicyclic) bond motifs is 1. The second kappa shape index (κ2) is 9.00. The number of H-pyrrole nitrogens is 1. The minimum Gasteiger partial charge on any atom is -0.378 e. The molecule has 8 heteroatoms. The summed E-state index contributed by atoms with van der Waals surface area (Å²) in [6.07, 6.45) is 1.03. The molecule has 4 aromatic rings. The van der Waals surface area contributed by atoms with Gasteiger partial charge in [0.15, 0.2) is 6.10 Å². The molecule has 1 aliphatic carbocycles. The molecular formula is C28H24ClN3O3S. The third-order valence-electron chi connectivity index (χ3n) is 7.16. The number of amides is 1. The third-order valence-corrected chi connectivity index (χ3v) is 8.53. The highest BCUT2D eigenvalue weighted by Crippen LogP contribution is 2.54. The number of benzene rings is 2. The van der Waals surface area contributed by atoms with Crippen LogP contribution < -0.4 is 5.56 Å². The summed E-state index contributed by atoms with van der Waals surface area (Å²) in [5.74, 6) is 0.267. The van der Waals surface area contributed by atoms with E-state index in [-0.39, 0.29) is 17.5 Å². The molecule has 1 aliphatic heterocycles. The van der Waals surface area contributed by atoms with E-state index in [9.17, 15) is 14.7 Å². The lowest BCUT2D eigenvalue weighted by Crippen LogP contribution is -2.42. The van der Waals surface area contributed by atoms with Crippen molar-refractivity contribution < 1.29 is 9.90 Å². The molecular weight excluding hydrogens is 494 g/mol. The maximum atomic E-state index is 13.2. The molecule has 36 heavy (non-hydrogen) atoms. The van der Waals surface area contributed by atoms with Gasteiger partial charge in [0, 0.05) is 22.9 Å². The monoisotopic (exact) mass is 517 g/mol. The zero-order chi connectivity index (χ0) is 24.9. The zero-order valence-corrected chi connectivity index (χ0v) is 21.0. The number of carbonyl (C=O) groups excluding carboxylic acids is 1. The van der Waals surface area contributed by atoms with E-state index >= 15 is 0 Å². The molecule has 0 radical (unpaired) electrons. The molecule has 0 spiro atoms. The number of hydrogen-bond acceptors (Lipinski definition) is 5. The van der Waals surface area contributed by atoms with Crippen LogP contribution in [0.4, 0.5) is 0 Å². The van der Waals surface area contributed by atoms with E-state index in [4.69, 9.17) is 16.6 Å². The molecule has 2 aromatic heterocycles. The maximum absolute atomic E-state index is 13.2. The number of aromatic nitrogens is 2. The smallest absolute Gasteiger partial charge is 0.256 e. The summed E-state index contributed by atoms with van der Waals surface area (Å²) < 4.78 is 0. The molecule has 1 saturated carbocycles. The van der Waals surface area contributed by atoms with E-state index < -0.39 is 12.0 Å². The Labute approximate surface area is 217 Å². The number of aromatic amines is 1. The normalized spacial score (nSPS) is 16.9. The molecule has 2 aliphatic rings. The second-order valence-electron chi connectivity index (χ2n) is 9.45. The summed E-state index contributed by atoms with van der Waals surface area (Å²) in [6.45, 7) is 0.516. The van der Waals surface area contributed by atoms with Gasteiger partial charge in [-0.25, -0.2) is 4.98 Å². The standard InChI is InChI=1S/C28H24ClN3O3S/c29-20-8-4-7-18(13-20)24(33)26(35)32-12-9-22-21(15-32)25(34)31-27(30-22)28(10-11-28)23-14-19(16-36-23)17-5-2-1-3-6-17/h1-8,13-14,16,24,33H,9-12,15H2,(H,30,31,34)/t24-/m1/s1. The molecule has 0 saturated heterocycles. The largest absolute Gasteiger partial charge is 0.378 e. The van der Waals surface area contributed by atoms with Gasteiger partial charge >= 0.3 is 0 Å². The lowest BCUT2D eigenvalue weighted by atomic mass is 9.99. The van der Waals surface area contributed by atoms with Crippen LogP contribution in [0.25, 0.3) is 11.1 Å². The Balaban J connectivity index is 1.25. The van der Waals surface area contributed by atoms with E-state index in [1.807, 2.05) is 18.2 Å². The molecule has 182 valence electrons. The van der Waals surface area contributed by atoms with Crippen LogP contribution in [0.5, 0.6) is 0 Å². The van der Waals surface area contributed by atoms with Crippen LogP contribution in [0, 0.1) is 0 Å². The van der Waals surface area contributed by atoms with Crippen molar-refractivity contribution in [2.24, 2.45) is 0 Å². The Morgan fingerprint density at radius 3 is 2.67 bits per heavy atom. The highest BCUT2D eigenvalue weighted by atomic mass is 35.5. The zero-order valence-electron chi connectivity index (χ0n) is 19.4. The van der Waals surface area contributed by atoms with Gasteiger partial charge in [-0.3, -0.25) is 9.59 Å². The minimum atomic E-state index is -1.33. The number of nitrogens with zero attached hydrogens (tertiary/aromatic N) is 2. The highest BCUT2D eigenvalue weighted by molar-refractivity contribution is 7.10. The van der Waals surface area contributed by atoms with E-state index in [0.29, 0.717) is 34.9 Å². The highest BCUT2D eigenvalue weighted by Gasteiger charge is 2.50. The lowest BCUT2D eigenvalue weighted by Gasteiger charge is -2.30.